The van der Waals surface area contributed by atoms with E-state index in [0.29, 0.717) is 24.5 Å². The van der Waals surface area contributed by atoms with Crippen LogP contribution in [0, 0.1) is 17.1 Å². The van der Waals surface area contributed by atoms with Crippen LogP contribution < -0.4 is 5.32 Å². The zero-order valence-corrected chi connectivity index (χ0v) is 10.4. The fraction of sp³-hybridized carbons (Fsp3) is 0.231. The molecule has 0 aliphatic heterocycles. The standard InChI is InChI=1S/C13H13FN4O/c1-19-6-5-18-9-10(8-16-18)17-13-4-2-3-12(14)11(13)7-15/h2-4,8-9,17H,5-6H2,1H3. The molecule has 1 aromatic carbocycles. The number of halogens is 1. The van der Waals surface area contributed by atoms with Crippen LogP contribution in [-0.2, 0) is 11.3 Å². The monoisotopic (exact) mass is 260 g/mol. The number of nitriles is 1. The molecule has 19 heavy (non-hydrogen) atoms. The molecular weight excluding hydrogens is 247 g/mol. The number of nitrogens with zero attached hydrogens (tertiary/aromatic N) is 3. The van der Waals surface area contributed by atoms with Crippen LogP contribution in [-0.4, -0.2) is 23.5 Å². The highest BCUT2D eigenvalue weighted by atomic mass is 19.1. The summed E-state index contributed by atoms with van der Waals surface area (Å²) >= 11 is 0. The highest BCUT2D eigenvalue weighted by Gasteiger charge is 2.08. The van der Waals surface area contributed by atoms with Gasteiger partial charge in [0.25, 0.3) is 0 Å². The van der Waals surface area contributed by atoms with Gasteiger partial charge < -0.3 is 10.1 Å². The zero-order chi connectivity index (χ0) is 13.7. The van der Waals surface area contributed by atoms with Gasteiger partial charge in [-0.15, -0.1) is 0 Å². The van der Waals surface area contributed by atoms with E-state index < -0.39 is 5.82 Å². The number of ether oxygens (including phenoxy) is 1. The molecule has 0 saturated heterocycles. The number of aromatic nitrogens is 2. The largest absolute Gasteiger partial charge is 0.383 e. The molecule has 5 nitrogen and oxygen atoms in total. The van der Waals surface area contributed by atoms with Gasteiger partial charge in [0.1, 0.15) is 17.4 Å². The minimum atomic E-state index is -0.542. The Morgan fingerprint density at radius 1 is 1.53 bits per heavy atom. The van der Waals surface area contributed by atoms with Crippen molar-refractivity contribution in [3.8, 4) is 6.07 Å². The number of hydrogen-bond donors (Lipinski definition) is 1. The van der Waals surface area contributed by atoms with Gasteiger partial charge in [-0.05, 0) is 12.1 Å². The summed E-state index contributed by atoms with van der Waals surface area (Å²) in [6.45, 7) is 1.19. The van der Waals surface area contributed by atoms with Crippen LogP contribution in [0.5, 0.6) is 0 Å². The highest BCUT2D eigenvalue weighted by Crippen LogP contribution is 2.22. The molecule has 2 aromatic rings. The molecule has 0 spiro atoms. The zero-order valence-electron chi connectivity index (χ0n) is 10.4. The average Bonchev–Trinajstić information content (AvgIpc) is 2.84. The molecule has 0 radical (unpaired) electrons. The SMILES string of the molecule is COCCn1cc(Nc2cccc(F)c2C#N)cn1. The van der Waals surface area contributed by atoms with Crippen LogP contribution >= 0.6 is 0 Å². The van der Waals surface area contributed by atoms with Crippen LogP contribution in [0.2, 0.25) is 0 Å². The van der Waals surface area contributed by atoms with Gasteiger partial charge in [-0.25, -0.2) is 4.39 Å². The highest BCUT2D eigenvalue weighted by molar-refractivity contribution is 5.65. The Hall–Kier alpha value is -2.39. The maximum absolute atomic E-state index is 13.4. The minimum absolute atomic E-state index is 0.00728. The summed E-state index contributed by atoms with van der Waals surface area (Å²) in [6, 6.07) is 6.29. The Morgan fingerprint density at radius 3 is 3.11 bits per heavy atom. The molecule has 0 amide bonds. The van der Waals surface area contributed by atoms with Gasteiger partial charge in [0.15, 0.2) is 0 Å². The maximum Gasteiger partial charge on any atom is 0.143 e. The van der Waals surface area contributed by atoms with Gasteiger partial charge in [0.05, 0.1) is 30.7 Å². The molecule has 0 fully saturated rings. The molecule has 1 N–H and O–H groups in total. The summed E-state index contributed by atoms with van der Waals surface area (Å²) in [4.78, 5) is 0. The van der Waals surface area contributed by atoms with Crippen molar-refractivity contribution >= 4 is 11.4 Å². The Bertz CT molecular complexity index is 603. The average molecular weight is 260 g/mol. The van der Waals surface area contributed by atoms with E-state index in [4.69, 9.17) is 10.00 Å². The summed E-state index contributed by atoms with van der Waals surface area (Å²) in [6.07, 6.45) is 3.38. The first-order valence-corrected chi connectivity index (χ1v) is 5.71. The van der Waals surface area contributed by atoms with Gasteiger partial charge in [-0.3, -0.25) is 4.68 Å². The van der Waals surface area contributed by atoms with E-state index in [-0.39, 0.29) is 5.56 Å². The third-order valence-electron chi connectivity index (χ3n) is 2.56. The Morgan fingerprint density at radius 2 is 2.37 bits per heavy atom. The van der Waals surface area contributed by atoms with Crippen LogP contribution in [0.25, 0.3) is 0 Å². The minimum Gasteiger partial charge on any atom is -0.383 e. The molecule has 2 rings (SSSR count). The van der Waals surface area contributed by atoms with Crippen LogP contribution in [0.1, 0.15) is 5.56 Å². The molecule has 0 bridgehead atoms. The first kappa shape index (κ1) is 13.1. The van der Waals surface area contributed by atoms with Crippen molar-refractivity contribution in [1.82, 2.24) is 9.78 Å². The number of methoxy groups -OCH3 is 1. The van der Waals surface area contributed by atoms with E-state index >= 15 is 0 Å². The molecule has 0 atom stereocenters. The molecule has 0 aliphatic carbocycles. The van der Waals surface area contributed by atoms with Crippen molar-refractivity contribution in [3.05, 3.63) is 42.0 Å². The van der Waals surface area contributed by atoms with E-state index in [2.05, 4.69) is 10.4 Å². The van der Waals surface area contributed by atoms with Crippen LogP contribution in [0.4, 0.5) is 15.8 Å². The fourth-order valence-corrected chi connectivity index (χ4v) is 1.63. The van der Waals surface area contributed by atoms with E-state index in [0.717, 1.165) is 0 Å². The summed E-state index contributed by atoms with van der Waals surface area (Å²) in [5.74, 6) is -0.542. The normalized spacial score (nSPS) is 10.2. The lowest BCUT2D eigenvalue weighted by atomic mass is 10.2. The summed E-state index contributed by atoms with van der Waals surface area (Å²) in [5, 5.41) is 16.0. The molecule has 0 saturated carbocycles. The lowest BCUT2D eigenvalue weighted by Gasteiger charge is -2.06. The number of benzene rings is 1. The van der Waals surface area contributed by atoms with Crippen molar-refractivity contribution in [3.63, 3.8) is 0 Å². The molecule has 1 heterocycles. The van der Waals surface area contributed by atoms with Crippen molar-refractivity contribution in [1.29, 1.82) is 5.26 Å². The number of nitrogens with one attached hydrogen (secondary N) is 1. The Balaban J connectivity index is 2.15. The second kappa shape index (κ2) is 5.98. The Labute approximate surface area is 110 Å². The predicted molar refractivity (Wildman–Crippen MR) is 68.5 cm³/mol. The lowest BCUT2D eigenvalue weighted by Crippen LogP contribution is -2.04. The fourth-order valence-electron chi connectivity index (χ4n) is 1.63. The first-order chi connectivity index (χ1) is 9.24. The Kier molecular flexibility index (Phi) is 4.11. The molecule has 1 aromatic heterocycles. The maximum atomic E-state index is 13.4. The van der Waals surface area contributed by atoms with Gasteiger partial charge in [0, 0.05) is 13.3 Å². The smallest absolute Gasteiger partial charge is 0.143 e. The van der Waals surface area contributed by atoms with E-state index in [1.165, 1.54) is 6.07 Å². The van der Waals surface area contributed by atoms with Crippen molar-refractivity contribution in [2.45, 2.75) is 6.54 Å². The molecule has 0 aliphatic rings. The van der Waals surface area contributed by atoms with Gasteiger partial charge in [-0.1, -0.05) is 6.07 Å². The van der Waals surface area contributed by atoms with Crippen molar-refractivity contribution < 1.29 is 9.13 Å². The summed E-state index contributed by atoms with van der Waals surface area (Å²) < 4.78 is 20.1. The van der Waals surface area contributed by atoms with Gasteiger partial charge in [0.2, 0.25) is 0 Å². The number of hydrogen-bond acceptors (Lipinski definition) is 4. The van der Waals surface area contributed by atoms with E-state index in [1.807, 2.05) is 6.07 Å². The third-order valence-corrected chi connectivity index (χ3v) is 2.56. The third kappa shape index (κ3) is 3.09. The molecule has 0 unspecified atom stereocenters. The van der Waals surface area contributed by atoms with Gasteiger partial charge >= 0.3 is 0 Å². The van der Waals surface area contributed by atoms with Crippen molar-refractivity contribution in [2.75, 3.05) is 19.0 Å². The summed E-state index contributed by atoms with van der Waals surface area (Å²) in [7, 11) is 1.62. The van der Waals surface area contributed by atoms with E-state index in [1.54, 1.807) is 36.3 Å². The first-order valence-electron chi connectivity index (χ1n) is 5.71. The quantitative estimate of drug-likeness (QED) is 0.895. The predicted octanol–water partition coefficient (Wildman–Crippen LogP) is 2.28. The number of rotatable bonds is 5. The molecular formula is C13H13FN4O. The van der Waals surface area contributed by atoms with Crippen LogP contribution in [0.3, 0.4) is 0 Å². The van der Waals surface area contributed by atoms with Crippen molar-refractivity contribution in [2.24, 2.45) is 0 Å². The molecule has 6 heteroatoms. The van der Waals surface area contributed by atoms with E-state index in [9.17, 15) is 4.39 Å². The lowest BCUT2D eigenvalue weighted by molar-refractivity contribution is 0.183. The van der Waals surface area contributed by atoms with Crippen LogP contribution in [0.15, 0.2) is 30.6 Å². The summed E-state index contributed by atoms with van der Waals surface area (Å²) in [5.41, 5.74) is 1.11. The number of anilines is 2. The second-order valence-corrected chi connectivity index (χ2v) is 3.88. The topological polar surface area (TPSA) is 62.9 Å². The van der Waals surface area contributed by atoms with Gasteiger partial charge in [-0.2, -0.15) is 10.4 Å². The molecule has 98 valence electrons. The second-order valence-electron chi connectivity index (χ2n) is 3.88.